The molecule has 5 nitrogen and oxygen atoms in total. The van der Waals surface area contributed by atoms with Gasteiger partial charge in [0.2, 0.25) is 0 Å². The Balaban J connectivity index is 3.27. The lowest BCUT2D eigenvalue weighted by molar-refractivity contribution is -0.184. The van der Waals surface area contributed by atoms with Gasteiger partial charge in [-0.1, -0.05) is 0 Å². The second-order valence-electron chi connectivity index (χ2n) is 1.50. The first kappa shape index (κ1) is 9.76. The molecule has 0 aliphatic carbocycles. The lowest BCUT2D eigenvalue weighted by atomic mass is 10.6. The van der Waals surface area contributed by atoms with Crippen molar-refractivity contribution in [3.8, 4) is 0 Å². The van der Waals surface area contributed by atoms with Gasteiger partial charge >= 0.3 is 11.9 Å². The largest absolute Gasteiger partial charge is 0.362 e. The van der Waals surface area contributed by atoms with Crippen LogP contribution in [0.3, 0.4) is 0 Å². The Morgan fingerprint density at radius 3 is 1.73 bits per heavy atom. The fraction of sp³-hybridized carbons (Fsp3) is 0.500. The van der Waals surface area contributed by atoms with Crippen LogP contribution in [0.1, 0.15) is 0 Å². The molecule has 0 aromatic rings. The van der Waals surface area contributed by atoms with E-state index in [1.165, 1.54) is 0 Å². The molecule has 0 radical (unpaired) electrons. The third-order valence-electron chi connectivity index (χ3n) is 0.711. The second-order valence-corrected chi connectivity index (χ2v) is 1.50. The molecule has 0 fully saturated rings. The van der Waals surface area contributed by atoms with Crippen LogP contribution in [0.15, 0.2) is 0 Å². The van der Waals surface area contributed by atoms with Crippen molar-refractivity contribution in [3.63, 3.8) is 0 Å². The van der Waals surface area contributed by atoms with Crippen molar-refractivity contribution in [1.82, 2.24) is 5.32 Å². The van der Waals surface area contributed by atoms with Gasteiger partial charge in [0.15, 0.2) is 0 Å². The van der Waals surface area contributed by atoms with Crippen molar-refractivity contribution in [3.05, 3.63) is 0 Å². The maximum atomic E-state index is 10.9. The quantitative estimate of drug-likeness (QED) is 0.610. The fourth-order valence-electron chi connectivity index (χ4n) is 0.321. The molecule has 0 heterocycles. The van der Waals surface area contributed by atoms with E-state index in [2.05, 4.69) is 15.2 Å². The average molecular weight is 169 g/mol. The molecule has 0 spiro atoms. The van der Waals surface area contributed by atoms with E-state index in [0.717, 1.165) is 0 Å². The topological polar surface area (TPSA) is 64.6 Å². The highest BCUT2D eigenvalue weighted by molar-refractivity contribution is 5.74. The van der Waals surface area contributed by atoms with E-state index in [0.29, 0.717) is 0 Å². The lowest BCUT2D eigenvalue weighted by Crippen LogP contribution is -2.28. The van der Waals surface area contributed by atoms with Gasteiger partial charge in [-0.25, -0.2) is 9.59 Å². The van der Waals surface area contributed by atoms with Crippen LogP contribution in [0, 0.1) is 0 Å². The minimum Gasteiger partial charge on any atom is -0.297 e. The molecule has 0 aliphatic heterocycles. The van der Waals surface area contributed by atoms with Gasteiger partial charge in [0.25, 0.3) is 0 Å². The highest BCUT2D eigenvalue weighted by atomic mass is 19.3. The number of halogens is 2. The summed E-state index contributed by atoms with van der Waals surface area (Å²) in [7, 11) is 0. The molecule has 64 valence electrons. The van der Waals surface area contributed by atoms with E-state index in [-0.39, 0.29) is 0 Å². The highest BCUT2D eigenvalue weighted by Gasteiger charge is 2.05. The van der Waals surface area contributed by atoms with Crippen molar-refractivity contribution in [2.75, 3.05) is 13.1 Å². The lowest BCUT2D eigenvalue weighted by Gasteiger charge is -1.95. The van der Waals surface area contributed by atoms with Crippen molar-refractivity contribution < 1.29 is 28.5 Å². The van der Waals surface area contributed by atoms with E-state index in [9.17, 15) is 18.6 Å². The Hall–Kier alpha value is -1.24. The van der Waals surface area contributed by atoms with Crippen LogP contribution in [0.4, 0.5) is 9.05 Å². The molecule has 0 saturated carbocycles. The summed E-state index contributed by atoms with van der Waals surface area (Å²) in [4.78, 5) is 25.4. The van der Waals surface area contributed by atoms with Crippen LogP contribution in [0.2, 0.25) is 0 Å². The van der Waals surface area contributed by atoms with Gasteiger partial charge in [0, 0.05) is 9.05 Å². The van der Waals surface area contributed by atoms with Crippen molar-refractivity contribution in [2.24, 2.45) is 0 Å². The summed E-state index contributed by atoms with van der Waals surface area (Å²) < 4.78 is 21.8. The van der Waals surface area contributed by atoms with E-state index in [1.54, 1.807) is 0 Å². The summed E-state index contributed by atoms with van der Waals surface area (Å²) in [6.45, 7) is -1.04. The van der Waals surface area contributed by atoms with Crippen molar-refractivity contribution in [2.45, 2.75) is 0 Å². The maximum Gasteiger partial charge on any atom is 0.362 e. The number of hydrogen-bond acceptors (Lipinski definition) is 5. The Kier molecular flexibility index (Phi) is 4.91. The third-order valence-corrected chi connectivity index (χ3v) is 0.711. The van der Waals surface area contributed by atoms with Gasteiger partial charge in [0.05, 0.1) is 13.1 Å². The van der Waals surface area contributed by atoms with Gasteiger partial charge < -0.3 is 0 Å². The molecule has 0 bridgehead atoms. The van der Waals surface area contributed by atoms with E-state index in [1.807, 2.05) is 0 Å². The Morgan fingerprint density at radius 1 is 1.09 bits per heavy atom. The maximum absolute atomic E-state index is 10.9. The summed E-state index contributed by atoms with van der Waals surface area (Å²) in [6, 6.07) is 0. The molecular formula is C4H5F2NO4. The summed E-state index contributed by atoms with van der Waals surface area (Å²) in [5.41, 5.74) is 0. The van der Waals surface area contributed by atoms with Gasteiger partial charge in [-0.3, -0.25) is 15.2 Å². The number of carbonyl (C=O) groups excluding carboxylic acids is 2. The highest BCUT2D eigenvalue weighted by Crippen LogP contribution is 1.77. The first-order valence-electron chi connectivity index (χ1n) is 2.54. The molecule has 1 N–H and O–H groups in total. The molecule has 0 aromatic carbocycles. The zero-order valence-electron chi connectivity index (χ0n) is 5.30. The summed E-state index contributed by atoms with van der Waals surface area (Å²) >= 11 is 0. The van der Waals surface area contributed by atoms with Crippen LogP contribution >= 0.6 is 0 Å². The zero-order valence-corrected chi connectivity index (χ0v) is 5.30. The normalized spacial score (nSPS) is 8.91. The summed E-state index contributed by atoms with van der Waals surface area (Å²) in [6.07, 6.45) is 0. The van der Waals surface area contributed by atoms with Gasteiger partial charge in [-0.05, 0) is 0 Å². The van der Waals surface area contributed by atoms with Crippen molar-refractivity contribution in [1.29, 1.82) is 0 Å². The Morgan fingerprint density at radius 2 is 1.45 bits per heavy atom. The zero-order chi connectivity index (χ0) is 8.69. The molecule has 0 unspecified atom stereocenters. The van der Waals surface area contributed by atoms with Crippen LogP contribution in [-0.4, -0.2) is 25.0 Å². The molecule has 0 aliphatic rings. The number of hydrogen-bond donors (Lipinski definition) is 1. The van der Waals surface area contributed by atoms with Crippen LogP contribution < -0.4 is 5.32 Å². The molecule has 0 saturated heterocycles. The van der Waals surface area contributed by atoms with Crippen LogP contribution in [-0.2, 0) is 19.5 Å². The minimum absolute atomic E-state index is 0.522. The molecular weight excluding hydrogens is 164 g/mol. The molecule has 11 heavy (non-hydrogen) atoms. The monoisotopic (exact) mass is 169 g/mol. The molecule has 0 amide bonds. The number of rotatable bonds is 4. The van der Waals surface area contributed by atoms with Crippen molar-refractivity contribution >= 4 is 11.9 Å². The summed E-state index contributed by atoms with van der Waals surface area (Å²) in [5, 5.41) is 2.06. The standard InChI is InChI=1S/C4H5F2NO4/c5-10-3(8)1-7-2-4(9)11-6/h7H,1-2H2. The number of carbonyl (C=O) groups is 2. The van der Waals surface area contributed by atoms with E-state index < -0.39 is 25.0 Å². The average Bonchev–Trinajstić information content (AvgIpc) is 2.04. The Bertz CT molecular complexity index is 135. The predicted octanol–water partition coefficient (Wildman–Crippen LogP) is -0.569. The van der Waals surface area contributed by atoms with Gasteiger partial charge in [-0.15, -0.1) is 0 Å². The second kappa shape index (κ2) is 5.54. The van der Waals surface area contributed by atoms with E-state index in [4.69, 9.17) is 0 Å². The van der Waals surface area contributed by atoms with Crippen LogP contribution in [0.5, 0.6) is 0 Å². The number of nitrogens with one attached hydrogen (secondary N) is 1. The molecule has 0 atom stereocenters. The molecule has 0 aromatic heterocycles. The first-order valence-corrected chi connectivity index (χ1v) is 2.54. The van der Waals surface area contributed by atoms with Gasteiger partial charge in [0.1, 0.15) is 0 Å². The Labute approximate surface area is 60.1 Å². The van der Waals surface area contributed by atoms with E-state index >= 15 is 0 Å². The van der Waals surface area contributed by atoms with Crippen LogP contribution in [0.25, 0.3) is 0 Å². The predicted molar refractivity (Wildman–Crippen MR) is 27.3 cm³/mol. The minimum atomic E-state index is -1.20. The smallest absolute Gasteiger partial charge is 0.297 e. The molecule has 7 heteroatoms. The first-order chi connectivity index (χ1) is 5.20. The third kappa shape index (κ3) is 5.22. The fourth-order valence-corrected chi connectivity index (χ4v) is 0.321. The van der Waals surface area contributed by atoms with Gasteiger partial charge in [-0.2, -0.15) is 0 Å². The molecule has 0 rings (SSSR count). The SMILES string of the molecule is O=C(CNCC(=O)OF)OF. The summed E-state index contributed by atoms with van der Waals surface area (Å²) in [5.74, 6) is -2.40.